The largest absolute Gasteiger partial charge is 0.466 e. The van der Waals surface area contributed by atoms with E-state index in [1.54, 1.807) is 22.5 Å². The van der Waals surface area contributed by atoms with Crippen LogP contribution in [0.3, 0.4) is 0 Å². The average Bonchev–Trinajstić information content (AvgIpc) is 2.83. The van der Waals surface area contributed by atoms with E-state index in [1.807, 2.05) is 49.4 Å². The van der Waals surface area contributed by atoms with Gasteiger partial charge in [0.1, 0.15) is 0 Å². The topological polar surface area (TPSA) is 81.5 Å². The molecule has 172 valence electrons. The zero-order valence-corrected chi connectivity index (χ0v) is 19.6. The van der Waals surface area contributed by atoms with Crippen LogP contribution in [-0.2, 0) is 14.3 Å². The number of esters is 1. The summed E-state index contributed by atoms with van der Waals surface area (Å²) < 4.78 is 6.71. The zero-order valence-electron chi connectivity index (χ0n) is 18.8. The molecule has 2 aromatic carbocycles. The van der Waals surface area contributed by atoms with Crippen LogP contribution in [0.5, 0.6) is 0 Å². The minimum absolute atomic E-state index is 0.0268. The SMILES string of the molecule is CCOC(=O)C1CCN(C(=O)CSc2nc3ccccc3c(=O)n2-c2ccccc2C)CC1. The van der Waals surface area contributed by atoms with Crippen molar-refractivity contribution in [2.24, 2.45) is 5.92 Å². The van der Waals surface area contributed by atoms with E-state index in [1.165, 1.54) is 11.8 Å². The molecule has 0 bridgehead atoms. The quantitative estimate of drug-likeness (QED) is 0.314. The first-order chi connectivity index (χ1) is 16.0. The maximum absolute atomic E-state index is 13.4. The molecule has 1 aliphatic heterocycles. The number of thioether (sulfide) groups is 1. The highest BCUT2D eigenvalue weighted by Crippen LogP contribution is 2.25. The van der Waals surface area contributed by atoms with E-state index in [2.05, 4.69) is 0 Å². The van der Waals surface area contributed by atoms with Crippen LogP contribution in [0.2, 0.25) is 0 Å². The molecular weight excluding hydrogens is 438 g/mol. The highest BCUT2D eigenvalue weighted by Gasteiger charge is 2.28. The molecular formula is C25H27N3O4S. The molecule has 3 aromatic rings. The van der Waals surface area contributed by atoms with Crippen LogP contribution in [0.4, 0.5) is 0 Å². The molecule has 0 radical (unpaired) electrons. The normalized spacial score (nSPS) is 14.4. The molecule has 1 aliphatic rings. The Morgan fingerprint density at radius 3 is 2.52 bits per heavy atom. The summed E-state index contributed by atoms with van der Waals surface area (Å²) >= 11 is 1.27. The van der Waals surface area contributed by atoms with Gasteiger partial charge in [-0.3, -0.25) is 19.0 Å². The second-order valence-corrected chi connectivity index (χ2v) is 8.98. The third kappa shape index (κ3) is 4.95. The summed E-state index contributed by atoms with van der Waals surface area (Å²) in [6.45, 7) is 5.17. The van der Waals surface area contributed by atoms with Crippen molar-refractivity contribution >= 4 is 34.5 Å². The number of ether oxygens (including phenoxy) is 1. The lowest BCUT2D eigenvalue weighted by Crippen LogP contribution is -2.41. The summed E-state index contributed by atoms with van der Waals surface area (Å²) in [7, 11) is 0. The van der Waals surface area contributed by atoms with Crippen LogP contribution in [0.25, 0.3) is 16.6 Å². The number of hydrogen-bond donors (Lipinski definition) is 0. The Morgan fingerprint density at radius 1 is 1.09 bits per heavy atom. The molecule has 0 N–H and O–H groups in total. The van der Waals surface area contributed by atoms with Crippen molar-refractivity contribution in [2.45, 2.75) is 31.8 Å². The third-order valence-corrected chi connectivity index (χ3v) is 6.82. The molecule has 0 atom stereocenters. The number of aromatic nitrogens is 2. The minimum atomic E-state index is -0.179. The predicted molar refractivity (Wildman–Crippen MR) is 129 cm³/mol. The molecule has 1 amide bonds. The monoisotopic (exact) mass is 465 g/mol. The average molecular weight is 466 g/mol. The maximum atomic E-state index is 13.4. The van der Waals surface area contributed by atoms with Crippen LogP contribution >= 0.6 is 11.8 Å². The lowest BCUT2D eigenvalue weighted by Gasteiger charge is -2.30. The van der Waals surface area contributed by atoms with E-state index in [0.29, 0.717) is 48.6 Å². The van der Waals surface area contributed by atoms with Crippen LogP contribution in [0, 0.1) is 12.8 Å². The summed E-state index contributed by atoms with van der Waals surface area (Å²) in [6, 6.07) is 14.9. The Hall–Kier alpha value is -3.13. The van der Waals surface area contributed by atoms with Gasteiger partial charge in [-0.1, -0.05) is 42.1 Å². The van der Waals surface area contributed by atoms with Crippen LogP contribution < -0.4 is 5.56 Å². The van der Waals surface area contributed by atoms with E-state index in [9.17, 15) is 14.4 Å². The first kappa shape index (κ1) is 23.0. The van der Waals surface area contributed by atoms with Gasteiger partial charge in [0.25, 0.3) is 5.56 Å². The summed E-state index contributed by atoms with van der Waals surface area (Å²) in [6.07, 6.45) is 1.22. The highest BCUT2D eigenvalue weighted by molar-refractivity contribution is 7.99. The van der Waals surface area contributed by atoms with Gasteiger partial charge >= 0.3 is 5.97 Å². The number of nitrogens with zero attached hydrogens (tertiary/aromatic N) is 3. The van der Waals surface area contributed by atoms with Crippen molar-refractivity contribution in [1.29, 1.82) is 0 Å². The summed E-state index contributed by atoms with van der Waals surface area (Å²) in [5, 5.41) is 1.03. The Morgan fingerprint density at radius 2 is 1.79 bits per heavy atom. The number of hydrogen-bond acceptors (Lipinski definition) is 6. The molecule has 1 aromatic heterocycles. The van der Waals surface area contributed by atoms with E-state index >= 15 is 0 Å². The first-order valence-electron chi connectivity index (χ1n) is 11.1. The van der Waals surface area contributed by atoms with Gasteiger partial charge in [0, 0.05) is 13.1 Å². The number of amides is 1. The van der Waals surface area contributed by atoms with E-state index < -0.39 is 0 Å². The molecule has 1 saturated heterocycles. The van der Waals surface area contributed by atoms with Gasteiger partial charge in [-0.25, -0.2) is 4.98 Å². The molecule has 0 saturated carbocycles. The van der Waals surface area contributed by atoms with Gasteiger partial charge in [-0.05, 0) is 50.5 Å². The molecule has 0 aliphatic carbocycles. The van der Waals surface area contributed by atoms with Gasteiger partial charge in [0.15, 0.2) is 5.16 Å². The number of rotatable bonds is 6. The molecule has 0 spiro atoms. The number of benzene rings is 2. The van der Waals surface area contributed by atoms with Crippen molar-refractivity contribution in [2.75, 3.05) is 25.4 Å². The Bertz CT molecular complexity index is 1230. The molecule has 0 unspecified atom stereocenters. The number of para-hydroxylation sites is 2. The molecule has 1 fully saturated rings. The predicted octanol–water partition coefficient (Wildman–Crippen LogP) is 3.59. The fraction of sp³-hybridized carbons (Fsp3) is 0.360. The van der Waals surface area contributed by atoms with Gasteiger partial charge in [-0.2, -0.15) is 0 Å². The van der Waals surface area contributed by atoms with E-state index in [0.717, 1.165) is 11.3 Å². The van der Waals surface area contributed by atoms with Crippen molar-refractivity contribution < 1.29 is 14.3 Å². The Labute approximate surface area is 196 Å². The number of aryl methyl sites for hydroxylation is 1. The van der Waals surface area contributed by atoms with E-state index in [4.69, 9.17) is 9.72 Å². The minimum Gasteiger partial charge on any atom is -0.466 e. The lowest BCUT2D eigenvalue weighted by molar-refractivity contribution is -0.151. The maximum Gasteiger partial charge on any atom is 0.309 e. The number of fused-ring (bicyclic) bond motifs is 1. The number of piperidine rings is 1. The standard InChI is InChI=1S/C25H27N3O4S/c1-3-32-24(31)18-12-14-27(15-13-18)22(29)16-33-25-26-20-10-6-5-9-19(20)23(30)28(25)21-11-7-4-8-17(21)2/h4-11,18H,3,12-16H2,1-2H3. The summed E-state index contributed by atoms with van der Waals surface area (Å²) in [5.41, 5.74) is 2.16. The molecule has 2 heterocycles. The van der Waals surface area contributed by atoms with Crippen LogP contribution in [-0.4, -0.2) is 51.8 Å². The molecule has 4 rings (SSSR count). The third-order valence-electron chi connectivity index (χ3n) is 5.89. The Balaban J connectivity index is 1.55. The van der Waals surface area contributed by atoms with Gasteiger partial charge in [0.05, 0.1) is 34.9 Å². The highest BCUT2D eigenvalue weighted by atomic mass is 32.2. The van der Waals surface area contributed by atoms with Gasteiger partial charge in [-0.15, -0.1) is 0 Å². The van der Waals surface area contributed by atoms with Crippen molar-refractivity contribution in [3.05, 3.63) is 64.4 Å². The summed E-state index contributed by atoms with van der Waals surface area (Å²) in [4.78, 5) is 44.7. The smallest absolute Gasteiger partial charge is 0.309 e. The summed E-state index contributed by atoms with van der Waals surface area (Å²) in [5.74, 6) is -0.182. The second-order valence-electron chi connectivity index (χ2n) is 8.03. The van der Waals surface area contributed by atoms with E-state index in [-0.39, 0.29) is 29.1 Å². The van der Waals surface area contributed by atoms with Crippen molar-refractivity contribution in [3.63, 3.8) is 0 Å². The van der Waals surface area contributed by atoms with Gasteiger partial charge in [0.2, 0.25) is 5.91 Å². The first-order valence-corrected chi connectivity index (χ1v) is 12.1. The van der Waals surface area contributed by atoms with Crippen molar-refractivity contribution in [3.8, 4) is 5.69 Å². The zero-order chi connectivity index (χ0) is 23.4. The lowest BCUT2D eigenvalue weighted by atomic mass is 9.97. The van der Waals surface area contributed by atoms with Crippen LogP contribution in [0.15, 0.2) is 58.5 Å². The molecule has 7 nitrogen and oxygen atoms in total. The van der Waals surface area contributed by atoms with Crippen LogP contribution in [0.1, 0.15) is 25.3 Å². The van der Waals surface area contributed by atoms with Gasteiger partial charge < -0.3 is 9.64 Å². The second kappa shape index (κ2) is 10.2. The molecule has 8 heteroatoms. The van der Waals surface area contributed by atoms with Crippen molar-refractivity contribution in [1.82, 2.24) is 14.5 Å². The number of carbonyl (C=O) groups excluding carboxylic acids is 2. The Kier molecular flexibility index (Phi) is 7.13. The number of carbonyl (C=O) groups is 2. The fourth-order valence-corrected chi connectivity index (χ4v) is 4.99. The number of likely N-dealkylation sites (tertiary alicyclic amines) is 1. The fourth-order valence-electron chi connectivity index (χ4n) is 4.08. The molecule has 33 heavy (non-hydrogen) atoms.